The normalized spacial score (nSPS) is 31.1. The molecule has 3 heterocycles. The number of ether oxygens (including phenoxy) is 1. The third kappa shape index (κ3) is 4.79. The van der Waals surface area contributed by atoms with Gasteiger partial charge in [-0.3, -0.25) is 14.4 Å². The zero-order valence-corrected chi connectivity index (χ0v) is 24.4. The number of likely N-dealkylation sites (tertiary alicyclic amines) is 1. The van der Waals surface area contributed by atoms with Gasteiger partial charge in [0.15, 0.2) is 0 Å². The molecule has 0 aromatic heterocycles. The van der Waals surface area contributed by atoms with Gasteiger partial charge < -0.3 is 24.5 Å². The van der Waals surface area contributed by atoms with E-state index in [-0.39, 0.29) is 30.2 Å². The second-order valence-corrected chi connectivity index (χ2v) is 11.9. The molecule has 1 aromatic carbocycles. The zero-order valence-electron chi connectivity index (χ0n) is 24.4. The standard InChI is InChI=1S/C32H45N3O5/c1-7-10-18-34(17-9-3)30(39)27-32-20-22(4)31(5,40-32)25(28(37)33(6)16-8-2)26(32)29(38)35(27)24(21-36)19-23-14-12-11-13-15-23/h8-9,11-15,22,24-27,36H,2-3,7,10,16-21H2,1,4-6H3/t22?,24-,25-,26+,27?,31+,32?/m1/s1. The maximum absolute atomic E-state index is 14.6. The first-order chi connectivity index (χ1) is 19.1. The Labute approximate surface area is 238 Å². The molecule has 3 amide bonds. The van der Waals surface area contributed by atoms with Crippen LogP contribution in [0.3, 0.4) is 0 Å². The average Bonchev–Trinajstić information content (AvgIpc) is 3.46. The lowest BCUT2D eigenvalue weighted by atomic mass is 9.62. The number of likely N-dealkylation sites (N-methyl/N-ethyl adjacent to an activating group) is 1. The Morgan fingerprint density at radius 2 is 1.88 bits per heavy atom. The van der Waals surface area contributed by atoms with E-state index in [9.17, 15) is 19.5 Å². The summed E-state index contributed by atoms with van der Waals surface area (Å²) in [7, 11) is 1.71. The predicted molar refractivity (Wildman–Crippen MR) is 154 cm³/mol. The number of carbonyl (C=O) groups is 3. The van der Waals surface area contributed by atoms with Crippen molar-refractivity contribution >= 4 is 17.7 Å². The van der Waals surface area contributed by atoms with Crippen molar-refractivity contribution in [1.82, 2.24) is 14.7 Å². The molecule has 1 aromatic rings. The van der Waals surface area contributed by atoms with Crippen LogP contribution in [-0.4, -0.2) is 94.1 Å². The van der Waals surface area contributed by atoms with Gasteiger partial charge in [0, 0.05) is 26.7 Å². The topological polar surface area (TPSA) is 90.4 Å². The predicted octanol–water partition coefficient (Wildman–Crippen LogP) is 3.06. The van der Waals surface area contributed by atoms with E-state index in [1.807, 2.05) is 44.2 Å². The molecule has 0 aliphatic carbocycles. The minimum Gasteiger partial charge on any atom is -0.394 e. The summed E-state index contributed by atoms with van der Waals surface area (Å²) < 4.78 is 6.87. The highest BCUT2D eigenvalue weighted by molar-refractivity contribution is 5.99. The van der Waals surface area contributed by atoms with E-state index in [0.29, 0.717) is 32.5 Å². The number of carbonyl (C=O) groups excluding carboxylic acids is 3. The van der Waals surface area contributed by atoms with Gasteiger partial charge in [0.25, 0.3) is 0 Å². The van der Waals surface area contributed by atoms with Gasteiger partial charge in [-0.2, -0.15) is 0 Å². The molecule has 3 aliphatic rings. The van der Waals surface area contributed by atoms with Crippen LogP contribution in [0.5, 0.6) is 0 Å². The van der Waals surface area contributed by atoms with E-state index < -0.39 is 35.1 Å². The van der Waals surface area contributed by atoms with Gasteiger partial charge in [-0.05, 0) is 37.7 Å². The van der Waals surface area contributed by atoms with Crippen LogP contribution >= 0.6 is 0 Å². The van der Waals surface area contributed by atoms with Crippen LogP contribution in [0.15, 0.2) is 55.6 Å². The smallest absolute Gasteiger partial charge is 0.248 e. The van der Waals surface area contributed by atoms with Crippen LogP contribution < -0.4 is 0 Å². The molecular weight excluding hydrogens is 506 g/mol. The Balaban J connectivity index is 1.84. The highest BCUT2D eigenvalue weighted by atomic mass is 16.5. The largest absolute Gasteiger partial charge is 0.394 e. The molecule has 40 heavy (non-hydrogen) atoms. The average molecular weight is 552 g/mol. The van der Waals surface area contributed by atoms with Crippen molar-refractivity contribution in [2.45, 2.75) is 69.7 Å². The molecule has 1 spiro atoms. The Kier molecular flexibility index (Phi) is 8.90. The SMILES string of the molecule is C=CCN(C)C(=O)[C@H]1[C@H]2C(=O)N([C@@H](CO)Cc3ccccc3)C(C(=O)N(CC=C)CCCC)C23CC(C)[C@]1(C)O3. The van der Waals surface area contributed by atoms with Crippen LogP contribution in [0.1, 0.15) is 45.6 Å². The monoisotopic (exact) mass is 551 g/mol. The minimum absolute atomic E-state index is 0.0527. The van der Waals surface area contributed by atoms with Crippen LogP contribution in [0.4, 0.5) is 0 Å². The lowest BCUT2D eigenvalue weighted by Crippen LogP contribution is -2.59. The number of benzene rings is 1. The lowest BCUT2D eigenvalue weighted by Gasteiger charge is -2.39. The first-order valence-electron chi connectivity index (χ1n) is 14.5. The van der Waals surface area contributed by atoms with Crippen molar-refractivity contribution in [2.24, 2.45) is 17.8 Å². The number of hydrogen-bond donors (Lipinski definition) is 1. The van der Waals surface area contributed by atoms with E-state index >= 15 is 0 Å². The molecule has 218 valence electrons. The number of fused-ring (bicyclic) bond motifs is 1. The highest BCUT2D eigenvalue weighted by Crippen LogP contribution is 2.65. The second-order valence-electron chi connectivity index (χ2n) is 11.9. The fraction of sp³-hybridized carbons (Fsp3) is 0.594. The number of aliphatic hydroxyl groups excluding tert-OH is 1. The van der Waals surface area contributed by atoms with E-state index in [4.69, 9.17) is 4.74 Å². The number of amides is 3. The first-order valence-corrected chi connectivity index (χ1v) is 14.5. The summed E-state index contributed by atoms with van der Waals surface area (Å²) in [5, 5.41) is 10.7. The summed E-state index contributed by atoms with van der Waals surface area (Å²) in [5.74, 6) is -2.29. The fourth-order valence-electron chi connectivity index (χ4n) is 7.35. The zero-order chi connectivity index (χ0) is 29.2. The van der Waals surface area contributed by atoms with E-state index in [2.05, 4.69) is 20.1 Å². The van der Waals surface area contributed by atoms with Gasteiger partial charge in [0.05, 0.1) is 30.1 Å². The molecule has 8 heteroatoms. The van der Waals surface area contributed by atoms with E-state index in [1.165, 1.54) is 0 Å². The van der Waals surface area contributed by atoms with Gasteiger partial charge in [0.1, 0.15) is 11.6 Å². The van der Waals surface area contributed by atoms with Crippen LogP contribution in [0, 0.1) is 17.8 Å². The lowest BCUT2D eigenvalue weighted by molar-refractivity contribution is -0.157. The summed E-state index contributed by atoms with van der Waals surface area (Å²) in [4.78, 5) is 47.9. The fourth-order valence-corrected chi connectivity index (χ4v) is 7.35. The molecule has 7 atom stereocenters. The number of rotatable bonds is 13. The van der Waals surface area contributed by atoms with E-state index in [0.717, 1.165) is 18.4 Å². The van der Waals surface area contributed by atoms with Gasteiger partial charge in [-0.1, -0.05) is 62.8 Å². The molecule has 2 bridgehead atoms. The van der Waals surface area contributed by atoms with Crippen molar-refractivity contribution in [3.63, 3.8) is 0 Å². The number of hydrogen-bond acceptors (Lipinski definition) is 5. The molecule has 0 radical (unpaired) electrons. The Morgan fingerprint density at radius 1 is 1.20 bits per heavy atom. The quantitative estimate of drug-likeness (QED) is 0.381. The van der Waals surface area contributed by atoms with Crippen LogP contribution in [0.25, 0.3) is 0 Å². The van der Waals surface area contributed by atoms with Gasteiger partial charge in [-0.15, -0.1) is 13.2 Å². The summed E-state index contributed by atoms with van der Waals surface area (Å²) in [6.07, 6.45) is 5.95. The van der Waals surface area contributed by atoms with Crippen molar-refractivity contribution < 1.29 is 24.2 Å². The number of unbranched alkanes of at least 4 members (excludes halogenated alkanes) is 1. The number of aliphatic hydroxyl groups is 1. The molecule has 8 nitrogen and oxygen atoms in total. The molecular formula is C32H45N3O5. The van der Waals surface area contributed by atoms with Crippen molar-refractivity contribution in [3.8, 4) is 0 Å². The summed E-state index contributed by atoms with van der Waals surface area (Å²) >= 11 is 0. The van der Waals surface area contributed by atoms with Crippen molar-refractivity contribution in [1.29, 1.82) is 0 Å². The maximum atomic E-state index is 14.6. The van der Waals surface area contributed by atoms with Gasteiger partial charge >= 0.3 is 0 Å². The molecule has 3 fully saturated rings. The Morgan fingerprint density at radius 3 is 2.48 bits per heavy atom. The molecule has 0 saturated carbocycles. The summed E-state index contributed by atoms with van der Waals surface area (Å²) in [5.41, 5.74) is -1.10. The van der Waals surface area contributed by atoms with Gasteiger partial charge in [0.2, 0.25) is 17.7 Å². The second kappa shape index (κ2) is 11.9. The summed E-state index contributed by atoms with van der Waals surface area (Å²) in [6.45, 7) is 14.6. The summed E-state index contributed by atoms with van der Waals surface area (Å²) in [6, 6.07) is 8.05. The third-order valence-corrected chi connectivity index (χ3v) is 9.39. The third-order valence-electron chi connectivity index (χ3n) is 9.39. The molecule has 3 aliphatic heterocycles. The first kappa shape index (κ1) is 30.0. The molecule has 3 unspecified atom stereocenters. The molecule has 3 saturated heterocycles. The van der Waals surface area contributed by atoms with Crippen LogP contribution in [-0.2, 0) is 25.5 Å². The highest BCUT2D eigenvalue weighted by Gasteiger charge is 2.80. The van der Waals surface area contributed by atoms with Crippen molar-refractivity contribution in [2.75, 3.05) is 33.3 Å². The van der Waals surface area contributed by atoms with Crippen LogP contribution in [0.2, 0.25) is 0 Å². The Bertz CT molecular complexity index is 1120. The molecule has 4 rings (SSSR count). The number of nitrogens with zero attached hydrogens (tertiary/aromatic N) is 3. The Hall–Kier alpha value is -2.97. The van der Waals surface area contributed by atoms with Crippen molar-refractivity contribution in [3.05, 3.63) is 61.2 Å². The van der Waals surface area contributed by atoms with E-state index in [1.54, 1.807) is 33.9 Å². The maximum Gasteiger partial charge on any atom is 0.248 e. The van der Waals surface area contributed by atoms with Gasteiger partial charge in [-0.25, -0.2) is 0 Å². The minimum atomic E-state index is -1.16. The molecule has 1 N–H and O–H groups in total.